The third-order valence-electron chi connectivity index (χ3n) is 4.87. The number of likely N-dealkylation sites (N-methyl/N-ethyl adjacent to an activating group) is 1. The molecule has 0 aliphatic heterocycles. The lowest BCUT2D eigenvalue weighted by Gasteiger charge is -2.30. The number of hydrogen-bond donors (Lipinski definition) is 1. The van der Waals surface area contributed by atoms with Crippen molar-refractivity contribution in [1.29, 1.82) is 0 Å². The molecule has 0 aromatic heterocycles. The monoisotopic (exact) mass is 252 g/mol. The second-order valence-corrected chi connectivity index (χ2v) is 6.38. The van der Waals surface area contributed by atoms with Crippen molar-refractivity contribution < 1.29 is 4.79 Å². The summed E-state index contributed by atoms with van der Waals surface area (Å²) >= 11 is 0. The fourth-order valence-corrected chi connectivity index (χ4v) is 3.55. The first-order chi connectivity index (χ1) is 8.62. The van der Waals surface area contributed by atoms with Gasteiger partial charge in [-0.1, -0.05) is 44.9 Å². The van der Waals surface area contributed by atoms with E-state index in [9.17, 15) is 4.79 Å². The summed E-state index contributed by atoms with van der Waals surface area (Å²) in [4.78, 5) is 14.2. The summed E-state index contributed by atoms with van der Waals surface area (Å²) in [6.45, 7) is 0.891. The SMILES string of the molecule is CN(CCC1CCCCC1)C(=O)C1(N)CCCC1. The minimum Gasteiger partial charge on any atom is -0.344 e. The Hall–Kier alpha value is -0.570. The Morgan fingerprint density at radius 2 is 1.78 bits per heavy atom. The van der Waals surface area contributed by atoms with E-state index in [0.717, 1.165) is 38.1 Å². The summed E-state index contributed by atoms with van der Waals surface area (Å²) in [5, 5.41) is 0. The number of nitrogens with zero attached hydrogens (tertiary/aromatic N) is 1. The second-order valence-electron chi connectivity index (χ2n) is 6.38. The minimum atomic E-state index is -0.540. The van der Waals surface area contributed by atoms with Crippen molar-refractivity contribution in [1.82, 2.24) is 4.90 Å². The number of amides is 1. The first kappa shape index (κ1) is 13.9. The van der Waals surface area contributed by atoms with Gasteiger partial charge in [0.15, 0.2) is 0 Å². The van der Waals surface area contributed by atoms with Crippen molar-refractivity contribution in [3.63, 3.8) is 0 Å². The normalized spacial score (nSPS) is 24.1. The number of carbonyl (C=O) groups excluding carboxylic acids is 1. The van der Waals surface area contributed by atoms with Crippen LogP contribution in [0.15, 0.2) is 0 Å². The molecule has 2 rings (SSSR count). The van der Waals surface area contributed by atoms with Gasteiger partial charge in [0.2, 0.25) is 5.91 Å². The zero-order valence-electron chi connectivity index (χ0n) is 11.8. The molecular weight excluding hydrogens is 224 g/mol. The van der Waals surface area contributed by atoms with E-state index in [0.29, 0.717) is 0 Å². The predicted octanol–water partition coefficient (Wildman–Crippen LogP) is 2.69. The Balaban J connectivity index is 1.76. The molecule has 0 bridgehead atoms. The Morgan fingerprint density at radius 3 is 2.39 bits per heavy atom. The average Bonchev–Trinajstić information content (AvgIpc) is 2.84. The van der Waals surface area contributed by atoms with Crippen molar-refractivity contribution in [3.8, 4) is 0 Å². The van der Waals surface area contributed by atoms with Gasteiger partial charge >= 0.3 is 0 Å². The van der Waals surface area contributed by atoms with Crippen molar-refractivity contribution in [2.45, 2.75) is 69.7 Å². The summed E-state index contributed by atoms with van der Waals surface area (Å²) in [6, 6.07) is 0. The second kappa shape index (κ2) is 6.05. The Bertz CT molecular complexity index is 278. The molecule has 2 aliphatic carbocycles. The molecule has 0 radical (unpaired) electrons. The van der Waals surface area contributed by atoms with Crippen LogP contribution in [-0.4, -0.2) is 29.9 Å². The quantitative estimate of drug-likeness (QED) is 0.836. The van der Waals surface area contributed by atoms with Crippen molar-refractivity contribution in [2.24, 2.45) is 11.7 Å². The highest BCUT2D eigenvalue weighted by molar-refractivity contribution is 5.86. The van der Waals surface area contributed by atoms with Gasteiger partial charge in [0.25, 0.3) is 0 Å². The Labute approximate surface area is 111 Å². The van der Waals surface area contributed by atoms with Crippen LogP contribution in [-0.2, 0) is 4.79 Å². The zero-order valence-corrected chi connectivity index (χ0v) is 11.8. The first-order valence-corrected chi connectivity index (χ1v) is 7.66. The van der Waals surface area contributed by atoms with E-state index in [1.165, 1.54) is 38.5 Å². The van der Waals surface area contributed by atoms with E-state index in [-0.39, 0.29) is 5.91 Å². The summed E-state index contributed by atoms with van der Waals surface area (Å²) in [5.41, 5.74) is 5.68. The maximum absolute atomic E-state index is 12.3. The van der Waals surface area contributed by atoms with Gasteiger partial charge in [-0.3, -0.25) is 4.79 Å². The van der Waals surface area contributed by atoms with Crippen LogP contribution in [0.3, 0.4) is 0 Å². The van der Waals surface area contributed by atoms with Gasteiger partial charge in [-0.05, 0) is 25.2 Å². The molecule has 0 heterocycles. The molecule has 3 heteroatoms. The third kappa shape index (κ3) is 3.25. The molecule has 0 aromatic rings. The summed E-state index contributed by atoms with van der Waals surface area (Å²) < 4.78 is 0. The highest BCUT2D eigenvalue weighted by Crippen LogP contribution is 2.30. The lowest BCUT2D eigenvalue weighted by Crippen LogP contribution is -2.52. The van der Waals surface area contributed by atoms with Crippen LogP contribution in [0, 0.1) is 5.92 Å². The van der Waals surface area contributed by atoms with E-state index < -0.39 is 5.54 Å². The zero-order chi connectivity index (χ0) is 13.0. The van der Waals surface area contributed by atoms with Gasteiger partial charge < -0.3 is 10.6 Å². The number of rotatable bonds is 4. The van der Waals surface area contributed by atoms with Crippen LogP contribution in [0.25, 0.3) is 0 Å². The third-order valence-corrected chi connectivity index (χ3v) is 4.87. The molecule has 1 amide bonds. The summed E-state index contributed by atoms with van der Waals surface area (Å²) in [6.07, 6.45) is 12.0. The molecule has 0 unspecified atom stereocenters. The van der Waals surface area contributed by atoms with Gasteiger partial charge in [-0.15, -0.1) is 0 Å². The summed E-state index contributed by atoms with van der Waals surface area (Å²) in [5.74, 6) is 1.02. The molecule has 2 N–H and O–H groups in total. The lowest BCUT2D eigenvalue weighted by molar-refractivity contribution is -0.135. The van der Waals surface area contributed by atoms with E-state index >= 15 is 0 Å². The van der Waals surface area contributed by atoms with Crippen LogP contribution in [0.5, 0.6) is 0 Å². The number of hydrogen-bond acceptors (Lipinski definition) is 2. The molecule has 3 nitrogen and oxygen atoms in total. The first-order valence-electron chi connectivity index (χ1n) is 7.66. The fraction of sp³-hybridized carbons (Fsp3) is 0.933. The molecule has 104 valence electrons. The standard InChI is InChI=1S/C15H28N2O/c1-17(12-9-13-7-3-2-4-8-13)14(18)15(16)10-5-6-11-15/h13H,2-12,16H2,1H3. The molecule has 2 fully saturated rings. The molecular formula is C15H28N2O. The maximum Gasteiger partial charge on any atom is 0.242 e. The molecule has 2 saturated carbocycles. The molecule has 2 aliphatic rings. The fourth-order valence-electron chi connectivity index (χ4n) is 3.55. The Morgan fingerprint density at radius 1 is 1.17 bits per heavy atom. The molecule has 0 spiro atoms. The van der Waals surface area contributed by atoms with Crippen LogP contribution >= 0.6 is 0 Å². The predicted molar refractivity (Wildman–Crippen MR) is 74.2 cm³/mol. The highest BCUT2D eigenvalue weighted by atomic mass is 16.2. The van der Waals surface area contributed by atoms with Crippen LogP contribution in [0.2, 0.25) is 0 Å². The van der Waals surface area contributed by atoms with Crippen LogP contribution < -0.4 is 5.73 Å². The van der Waals surface area contributed by atoms with Crippen LogP contribution in [0.1, 0.15) is 64.2 Å². The molecule has 0 saturated heterocycles. The van der Waals surface area contributed by atoms with Gasteiger partial charge in [0.05, 0.1) is 5.54 Å². The average molecular weight is 252 g/mol. The summed E-state index contributed by atoms with van der Waals surface area (Å²) in [7, 11) is 1.93. The van der Waals surface area contributed by atoms with Gasteiger partial charge in [-0.25, -0.2) is 0 Å². The smallest absolute Gasteiger partial charge is 0.242 e. The molecule has 18 heavy (non-hydrogen) atoms. The minimum absolute atomic E-state index is 0.177. The largest absolute Gasteiger partial charge is 0.344 e. The lowest BCUT2D eigenvalue weighted by atomic mass is 9.87. The number of carbonyl (C=O) groups is 1. The maximum atomic E-state index is 12.3. The highest BCUT2D eigenvalue weighted by Gasteiger charge is 2.38. The van der Waals surface area contributed by atoms with E-state index in [2.05, 4.69) is 0 Å². The van der Waals surface area contributed by atoms with E-state index in [1.807, 2.05) is 11.9 Å². The molecule has 0 atom stereocenters. The van der Waals surface area contributed by atoms with E-state index in [1.54, 1.807) is 0 Å². The van der Waals surface area contributed by atoms with Crippen molar-refractivity contribution in [2.75, 3.05) is 13.6 Å². The van der Waals surface area contributed by atoms with E-state index in [4.69, 9.17) is 5.73 Å². The number of nitrogens with two attached hydrogens (primary N) is 1. The molecule has 0 aromatic carbocycles. The van der Waals surface area contributed by atoms with Gasteiger partial charge in [0, 0.05) is 13.6 Å². The Kier molecular flexibility index (Phi) is 4.66. The van der Waals surface area contributed by atoms with Gasteiger partial charge in [0.1, 0.15) is 0 Å². The van der Waals surface area contributed by atoms with Gasteiger partial charge in [-0.2, -0.15) is 0 Å². The topological polar surface area (TPSA) is 46.3 Å². The van der Waals surface area contributed by atoms with Crippen LogP contribution in [0.4, 0.5) is 0 Å². The van der Waals surface area contributed by atoms with Crippen molar-refractivity contribution in [3.05, 3.63) is 0 Å². The van der Waals surface area contributed by atoms with Crippen molar-refractivity contribution >= 4 is 5.91 Å².